The molecule has 0 aliphatic heterocycles. The molecule has 0 aliphatic rings. The van der Waals surface area contributed by atoms with E-state index in [4.69, 9.17) is 9.07 Å². The number of allylic oxidation sites excluding steroid dienone is 1. The highest BCUT2D eigenvalue weighted by Crippen LogP contribution is 2.19. The maximum Gasteiger partial charge on any atom is 0.426 e. The van der Waals surface area contributed by atoms with Gasteiger partial charge in [0.1, 0.15) is 5.76 Å². The number of benzene rings is 3. The number of ketones is 1. The van der Waals surface area contributed by atoms with Gasteiger partial charge >= 0.3 is 6.92 Å². The Labute approximate surface area is 170 Å². The molecule has 0 aliphatic carbocycles. The Kier molecular flexibility index (Phi) is 5.72. The second-order valence-corrected chi connectivity index (χ2v) is 6.54. The van der Waals surface area contributed by atoms with E-state index in [1.807, 2.05) is 78.9 Å². The van der Waals surface area contributed by atoms with Crippen LogP contribution in [0.25, 0.3) is 5.76 Å². The molecule has 3 aromatic carbocycles. The van der Waals surface area contributed by atoms with Crippen molar-refractivity contribution in [2.24, 2.45) is 0 Å². The molecule has 0 amide bonds. The Balaban J connectivity index is 1.74. The average Bonchev–Trinajstić information content (AvgIpc) is 3.33. The molecule has 0 N–H and O–H groups in total. The van der Waals surface area contributed by atoms with Gasteiger partial charge in [0, 0.05) is 11.6 Å². The minimum atomic E-state index is -0.377. The van der Waals surface area contributed by atoms with Crippen molar-refractivity contribution in [1.82, 2.24) is 0 Å². The Hall–Kier alpha value is -3.79. The fourth-order valence-corrected chi connectivity index (χ4v) is 3.10. The first kappa shape index (κ1) is 18.6. The molecule has 0 saturated carbocycles. The lowest BCUT2D eigenvalue weighted by molar-refractivity contribution is 0.104. The Bertz CT molecular complexity index is 1030. The summed E-state index contributed by atoms with van der Waals surface area (Å²) in [6.45, 7) is -0.377. The van der Waals surface area contributed by atoms with Gasteiger partial charge in [0.05, 0.1) is 6.26 Å². The summed E-state index contributed by atoms with van der Waals surface area (Å²) in [5.74, 6) is 0.754. The van der Waals surface area contributed by atoms with Gasteiger partial charge in [-0.1, -0.05) is 91.0 Å². The summed E-state index contributed by atoms with van der Waals surface area (Å²) < 4.78 is 12.0. The summed E-state index contributed by atoms with van der Waals surface area (Å²) in [6, 6.07) is 32.6. The number of hydrogen-bond acceptors (Lipinski definition) is 3. The molecule has 140 valence electrons. The van der Waals surface area contributed by atoms with Crippen LogP contribution in [0.4, 0.5) is 0 Å². The predicted molar refractivity (Wildman–Crippen MR) is 116 cm³/mol. The first-order valence-electron chi connectivity index (χ1n) is 9.43. The van der Waals surface area contributed by atoms with Crippen LogP contribution in [-0.4, -0.2) is 12.7 Å². The van der Waals surface area contributed by atoms with Gasteiger partial charge < -0.3 is 9.07 Å². The second-order valence-electron chi connectivity index (χ2n) is 6.54. The number of carbonyl (C=O) groups is 1. The molecule has 29 heavy (non-hydrogen) atoms. The Morgan fingerprint density at radius 1 is 0.724 bits per heavy atom. The second kappa shape index (κ2) is 8.94. The highest BCUT2D eigenvalue weighted by molar-refractivity contribution is 6.80. The zero-order valence-corrected chi connectivity index (χ0v) is 15.8. The first-order chi connectivity index (χ1) is 14.3. The largest absolute Gasteiger partial charge is 0.549 e. The van der Waals surface area contributed by atoms with Crippen LogP contribution in [0.5, 0.6) is 0 Å². The lowest BCUT2D eigenvalue weighted by atomic mass is 9.55. The molecule has 1 aromatic heterocycles. The molecule has 0 radical (unpaired) electrons. The molecule has 4 heteroatoms. The van der Waals surface area contributed by atoms with Crippen LogP contribution in [0.15, 0.2) is 120 Å². The van der Waals surface area contributed by atoms with Crippen LogP contribution in [0.3, 0.4) is 0 Å². The third-order valence-electron chi connectivity index (χ3n) is 4.53. The van der Waals surface area contributed by atoms with Gasteiger partial charge in [-0.15, -0.1) is 0 Å². The van der Waals surface area contributed by atoms with Crippen LogP contribution >= 0.6 is 0 Å². The van der Waals surface area contributed by atoms with Crippen molar-refractivity contribution < 1.29 is 13.9 Å². The van der Waals surface area contributed by atoms with Crippen LogP contribution in [0.1, 0.15) is 16.1 Å². The van der Waals surface area contributed by atoms with E-state index in [1.165, 1.54) is 6.08 Å². The van der Waals surface area contributed by atoms with E-state index in [1.54, 1.807) is 30.5 Å². The SMILES string of the molecule is O=C(/C=C(\OB(c1ccccc1)c1ccccc1)c1ccco1)c1ccccc1. The normalized spacial score (nSPS) is 11.1. The maximum atomic E-state index is 12.8. The van der Waals surface area contributed by atoms with Crippen molar-refractivity contribution in [2.75, 3.05) is 0 Å². The van der Waals surface area contributed by atoms with E-state index in [0.717, 1.165) is 10.9 Å². The van der Waals surface area contributed by atoms with Gasteiger partial charge in [-0.25, -0.2) is 0 Å². The summed E-state index contributed by atoms with van der Waals surface area (Å²) in [5.41, 5.74) is 2.57. The highest BCUT2D eigenvalue weighted by Gasteiger charge is 2.26. The van der Waals surface area contributed by atoms with E-state index in [2.05, 4.69) is 0 Å². The van der Waals surface area contributed by atoms with E-state index in [0.29, 0.717) is 17.1 Å². The van der Waals surface area contributed by atoms with Crippen molar-refractivity contribution in [3.8, 4) is 0 Å². The van der Waals surface area contributed by atoms with Gasteiger partial charge in [0.15, 0.2) is 11.5 Å². The number of hydrogen-bond donors (Lipinski definition) is 0. The van der Waals surface area contributed by atoms with Crippen molar-refractivity contribution >= 4 is 29.4 Å². The van der Waals surface area contributed by atoms with E-state index in [-0.39, 0.29) is 12.7 Å². The number of carbonyl (C=O) groups excluding carboxylic acids is 1. The quantitative estimate of drug-likeness (QED) is 0.208. The van der Waals surface area contributed by atoms with Crippen molar-refractivity contribution in [1.29, 1.82) is 0 Å². The summed E-state index contributed by atoms with van der Waals surface area (Å²) in [6.07, 6.45) is 3.06. The summed E-state index contributed by atoms with van der Waals surface area (Å²) in [7, 11) is 0. The molecule has 1 heterocycles. The van der Waals surface area contributed by atoms with E-state index < -0.39 is 0 Å². The van der Waals surface area contributed by atoms with Crippen LogP contribution in [0.2, 0.25) is 0 Å². The third kappa shape index (κ3) is 4.56. The number of rotatable bonds is 7. The first-order valence-corrected chi connectivity index (χ1v) is 9.43. The van der Waals surface area contributed by atoms with Crippen LogP contribution in [0, 0.1) is 0 Å². The lowest BCUT2D eigenvalue weighted by Gasteiger charge is -2.18. The van der Waals surface area contributed by atoms with Gasteiger partial charge in [-0.05, 0) is 23.1 Å². The lowest BCUT2D eigenvalue weighted by Crippen LogP contribution is -2.44. The third-order valence-corrected chi connectivity index (χ3v) is 4.53. The monoisotopic (exact) mass is 378 g/mol. The van der Waals surface area contributed by atoms with Gasteiger partial charge in [-0.2, -0.15) is 0 Å². The minimum absolute atomic E-state index is 0.142. The minimum Gasteiger partial charge on any atom is -0.549 e. The van der Waals surface area contributed by atoms with E-state index >= 15 is 0 Å². The molecule has 0 saturated heterocycles. The zero-order chi connectivity index (χ0) is 19.9. The fourth-order valence-electron chi connectivity index (χ4n) is 3.10. The summed E-state index contributed by atoms with van der Waals surface area (Å²) >= 11 is 0. The van der Waals surface area contributed by atoms with Gasteiger partial charge in [-0.3, -0.25) is 4.79 Å². The summed E-state index contributed by atoms with van der Waals surface area (Å²) in [4.78, 5) is 12.8. The Morgan fingerprint density at radius 3 is 1.79 bits per heavy atom. The molecule has 3 nitrogen and oxygen atoms in total. The smallest absolute Gasteiger partial charge is 0.426 e. The molecule has 4 aromatic rings. The summed E-state index contributed by atoms with van der Waals surface area (Å²) in [5, 5.41) is 0. The molecular formula is C25H19BO3. The average molecular weight is 378 g/mol. The molecule has 4 rings (SSSR count). The maximum absolute atomic E-state index is 12.8. The number of furan rings is 1. The van der Waals surface area contributed by atoms with Gasteiger partial charge in [0.25, 0.3) is 0 Å². The Morgan fingerprint density at radius 2 is 1.28 bits per heavy atom. The standard InChI is InChI=1S/C25H19BO3/c27-23(20-11-4-1-5-12-20)19-25(24-17-10-18-28-24)29-26(21-13-6-2-7-14-21)22-15-8-3-9-16-22/h1-19H/b25-19-. The predicted octanol–water partition coefficient (Wildman–Crippen LogP) is 4.33. The molecule has 0 unspecified atom stereocenters. The van der Waals surface area contributed by atoms with Crippen LogP contribution in [-0.2, 0) is 4.65 Å². The van der Waals surface area contributed by atoms with E-state index in [9.17, 15) is 4.79 Å². The van der Waals surface area contributed by atoms with Crippen molar-refractivity contribution in [3.63, 3.8) is 0 Å². The van der Waals surface area contributed by atoms with Crippen molar-refractivity contribution in [3.05, 3.63) is 127 Å². The molecule has 0 spiro atoms. The van der Waals surface area contributed by atoms with Crippen LogP contribution < -0.4 is 10.9 Å². The fraction of sp³-hybridized carbons (Fsp3) is 0. The molecule has 0 fully saturated rings. The zero-order valence-electron chi connectivity index (χ0n) is 15.8. The molecule has 0 bridgehead atoms. The molecule has 0 atom stereocenters. The van der Waals surface area contributed by atoms with Gasteiger partial charge in [0.2, 0.25) is 0 Å². The van der Waals surface area contributed by atoms with Crippen molar-refractivity contribution in [2.45, 2.75) is 0 Å². The molecular weight excluding hydrogens is 359 g/mol. The topological polar surface area (TPSA) is 39.4 Å². The highest BCUT2D eigenvalue weighted by atomic mass is 16.5.